The van der Waals surface area contributed by atoms with Crippen LogP contribution in [0, 0.1) is 20.8 Å². The quantitative estimate of drug-likeness (QED) is 0.522. The minimum Gasteiger partial charge on any atom is -0.496 e. The van der Waals surface area contributed by atoms with Gasteiger partial charge in [0.05, 0.1) is 23.7 Å². The van der Waals surface area contributed by atoms with Gasteiger partial charge in [0.1, 0.15) is 12.3 Å². The average molecular weight is 467 g/mol. The monoisotopic (exact) mass is 466 g/mol. The number of para-hydroxylation sites is 1. The van der Waals surface area contributed by atoms with Gasteiger partial charge in [-0.2, -0.15) is 0 Å². The van der Waals surface area contributed by atoms with Gasteiger partial charge < -0.3 is 10.1 Å². The van der Waals surface area contributed by atoms with Gasteiger partial charge in [-0.1, -0.05) is 53.6 Å². The van der Waals surface area contributed by atoms with Crippen LogP contribution in [0.4, 0.5) is 5.69 Å². The van der Waals surface area contributed by atoms with E-state index in [0.717, 1.165) is 22.3 Å². The molecular formula is C26H30N2O4S. The lowest BCUT2D eigenvalue weighted by molar-refractivity contribution is -0.120. The predicted molar refractivity (Wildman–Crippen MR) is 131 cm³/mol. The van der Waals surface area contributed by atoms with E-state index < -0.39 is 15.9 Å². The van der Waals surface area contributed by atoms with Crippen LogP contribution in [0.1, 0.15) is 35.2 Å². The Labute approximate surface area is 196 Å². The van der Waals surface area contributed by atoms with E-state index in [1.165, 1.54) is 4.31 Å². The first-order chi connectivity index (χ1) is 15.6. The predicted octanol–water partition coefficient (Wildman–Crippen LogP) is 4.69. The molecule has 1 amide bonds. The van der Waals surface area contributed by atoms with Crippen molar-refractivity contribution in [2.75, 3.05) is 18.0 Å². The molecule has 0 saturated heterocycles. The molecule has 0 aliphatic rings. The van der Waals surface area contributed by atoms with Crippen molar-refractivity contribution in [2.24, 2.45) is 0 Å². The highest BCUT2D eigenvalue weighted by Crippen LogP contribution is 2.28. The van der Waals surface area contributed by atoms with E-state index in [1.807, 2.05) is 64.1 Å². The summed E-state index contributed by atoms with van der Waals surface area (Å²) in [6.07, 6.45) is 0. The SMILES string of the molecule is COc1ccccc1C(C)NC(=O)CN(c1ccc(C)cc1C)S(=O)(=O)c1ccc(C)cc1. The number of ether oxygens (including phenoxy) is 1. The van der Waals surface area contributed by atoms with Crippen LogP contribution >= 0.6 is 0 Å². The zero-order valence-corrected chi connectivity index (χ0v) is 20.4. The van der Waals surface area contributed by atoms with Crippen molar-refractivity contribution in [3.63, 3.8) is 0 Å². The molecule has 0 aliphatic heterocycles. The summed E-state index contributed by atoms with van der Waals surface area (Å²) in [5.41, 5.74) is 4.03. The minimum absolute atomic E-state index is 0.138. The number of hydrogen-bond acceptors (Lipinski definition) is 4. The van der Waals surface area contributed by atoms with Gasteiger partial charge >= 0.3 is 0 Å². The topological polar surface area (TPSA) is 75.7 Å². The van der Waals surface area contributed by atoms with Gasteiger partial charge in [-0.05, 0) is 57.5 Å². The minimum atomic E-state index is -3.97. The fourth-order valence-corrected chi connectivity index (χ4v) is 5.23. The second-order valence-corrected chi connectivity index (χ2v) is 10.0. The molecule has 0 aliphatic carbocycles. The van der Waals surface area contributed by atoms with Crippen molar-refractivity contribution in [3.8, 4) is 5.75 Å². The first kappa shape index (κ1) is 24.3. The molecule has 0 spiro atoms. The number of rotatable bonds is 8. The standard InChI is InChI=1S/C26H30N2O4S/c1-18-10-13-22(14-11-18)33(30,31)28(24-15-12-19(2)16-20(24)3)17-26(29)27-21(4)23-8-6-7-9-25(23)32-5/h6-16,21H,17H2,1-5H3,(H,27,29). The van der Waals surface area contributed by atoms with Crippen LogP contribution in [0.25, 0.3) is 0 Å². The second-order valence-electron chi connectivity index (χ2n) is 8.15. The van der Waals surface area contributed by atoms with E-state index in [9.17, 15) is 13.2 Å². The zero-order chi connectivity index (χ0) is 24.2. The highest BCUT2D eigenvalue weighted by molar-refractivity contribution is 7.92. The van der Waals surface area contributed by atoms with Crippen LogP contribution in [0.5, 0.6) is 5.75 Å². The summed E-state index contributed by atoms with van der Waals surface area (Å²) in [6, 6.07) is 19.2. The number of aryl methyl sites for hydroxylation is 3. The van der Waals surface area contributed by atoms with Crippen LogP contribution in [0.3, 0.4) is 0 Å². The van der Waals surface area contributed by atoms with Crippen molar-refractivity contribution < 1.29 is 17.9 Å². The smallest absolute Gasteiger partial charge is 0.264 e. The number of carbonyl (C=O) groups is 1. The molecule has 174 valence electrons. The van der Waals surface area contributed by atoms with Crippen LogP contribution in [0.2, 0.25) is 0 Å². The molecule has 0 radical (unpaired) electrons. The zero-order valence-electron chi connectivity index (χ0n) is 19.6. The van der Waals surface area contributed by atoms with E-state index in [4.69, 9.17) is 4.74 Å². The van der Waals surface area contributed by atoms with Gasteiger partial charge in [0.15, 0.2) is 0 Å². The number of hydrogen-bond donors (Lipinski definition) is 1. The van der Waals surface area contributed by atoms with E-state index in [-0.39, 0.29) is 17.5 Å². The largest absolute Gasteiger partial charge is 0.496 e. The maximum atomic E-state index is 13.6. The molecule has 0 heterocycles. The van der Waals surface area contributed by atoms with Crippen molar-refractivity contribution in [1.82, 2.24) is 5.32 Å². The maximum absolute atomic E-state index is 13.6. The normalized spacial score (nSPS) is 12.2. The van der Waals surface area contributed by atoms with E-state index >= 15 is 0 Å². The molecule has 3 aromatic carbocycles. The summed E-state index contributed by atoms with van der Waals surface area (Å²) in [4.78, 5) is 13.2. The summed E-state index contributed by atoms with van der Waals surface area (Å²) in [7, 11) is -2.39. The lowest BCUT2D eigenvalue weighted by Crippen LogP contribution is -2.42. The van der Waals surface area contributed by atoms with Crippen molar-refractivity contribution >= 4 is 21.6 Å². The maximum Gasteiger partial charge on any atom is 0.264 e. The molecule has 0 aromatic heterocycles. The van der Waals surface area contributed by atoms with Crippen LogP contribution in [-0.4, -0.2) is 28.0 Å². The van der Waals surface area contributed by atoms with Gasteiger partial charge in [-0.25, -0.2) is 8.42 Å². The third-order valence-electron chi connectivity index (χ3n) is 5.50. The summed E-state index contributed by atoms with van der Waals surface area (Å²) in [5.74, 6) is 0.243. The molecule has 1 atom stereocenters. The Morgan fingerprint density at radius 3 is 2.24 bits per heavy atom. The van der Waals surface area contributed by atoms with Gasteiger partial charge in [-0.3, -0.25) is 9.10 Å². The summed E-state index contributed by atoms with van der Waals surface area (Å²) >= 11 is 0. The highest BCUT2D eigenvalue weighted by atomic mass is 32.2. The second kappa shape index (κ2) is 10.1. The fourth-order valence-electron chi connectivity index (χ4n) is 3.74. The third kappa shape index (κ3) is 5.54. The molecule has 33 heavy (non-hydrogen) atoms. The van der Waals surface area contributed by atoms with Gasteiger partial charge in [-0.15, -0.1) is 0 Å². The summed E-state index contributed by atoms with van der Waals surface area (Å²) < 4.78 is 33.8. The Bertz CT molecular complexity index is 1240. The number of sulfonamides is 1. The Kier molecular flexibility index (Phi) is 7.43. The number of carbonyl (C=O) groups excluding carboxylic acids is 1. The number of nitrogens with zero attached hydrogens (tertiary/aromatic N) is 1. The highest BCUT2D eigenvalue weighted by Gasteiger charge is 2.29. The van der Waals surface area contributed by atoms with Gasteiger partial charge in [0.2, 0.25) is 5.91 Å². The Morgan fingerprint density at radius 1 is 0.970 bits per heavy atom. The molecular weight excluding hydrogens is 436 g/mol. The Morgan fingerprint density at radius 2 is 1.61 bits per heavy atom. The molecule has 0 bridgehead atoms. The molecule has 7 heteroatoms. The number of methoxy groups -OCH3 is 1. The molecule has 0 fully saturated rings. The number of nitrogens with one attached hydrogen (secondary N) is 1. The third-order valence-corrected chi connectivity index (χ3v) is 7.27. The Hall–Kier alpha value is -3.32. The van der Waals surface area contributed by atoms with Crippen LogP contribution in [-0.2, 0) is 14.8 Å². The molecule has 1 unspecified atom stereocenters. The van der Waals surface area contributed by atoms with Crippen LogP contribution < -0.4 is 14.4 Å². The van der Waals surface area contributed by atoms with Crippen molar-refractivity contribution in [2.45, 2.75) is 38.6 Å². The molecule has 3 rings (SSSR count). The Balaban J connectivity index is 1.94. The average Bonchev–Trinajstić information content (AvgIpc) is 2.78. The molecule has 3 aromatic rings. The molecule has 0 saturated carbocycles. The van der Waals surface area contributed by atoms with Crippen molar-refractivity contribution in [1.29, 1.82) is 0 Å². The number of anilines is 1. The van der Waals surface area contributed by atoms with E-state index in [1.54, 1.807) is 37.4 Å². The van der Waals surface area contributed by atoms with E-state index in [2.05, 4.69) is 5.32 Å². The van der Waals surface area contributed by atoms with E-state index in [0.29, 0.717) is 11.4 Å². The van der Waals surface area contributed by atoms with Gasteiger partial charge in [0, 0.05) is 5.56 Å². The lowest BCUT2D eigenvalue weighted by Gasteiger charge is -2.27. The van der Waals surface area contributed by atoms with Crippen LogP contribution in [0.15, 0.2) is 71.6 Å². The summed E-state index contributed by atoms with van der Waals surface area (Å²) in [6.45, 7) is 7.17. The lowest BCUT2D eigenvalue weighted by atomic mass is 10.1. The summed E-state index contributed by atoms with van der Waals surface area (Å²) in [5, 5.41) is 2.91. The van der Waals surface area contributed by atoms with Gasteiger partial charge in [0.25, 0.3) is 10.0 Å². The number of amides is 1. The van der Waals surface area contributed by atoms with Crippen molar-refractivity contribution in [3.05, 3.63) is 89.0 Å². The first-order valence-corrected chi connectivity index (χ1v) is 12.2. The molecule has 1 N–H and O–H groups in total. The number of benzene rings is 3. The first-order valence-electron chi connectivity index (χ1n) is 10.7. The fraction of sp³-hybridized carbons (Fsp3) is 0.269. The molecule has 6 nitrogen and oxygen atoms in total.